The average Bonchev–Trinajstić information content (AvgIpc) is 3.33. The van der Waals surface area contributed by atoms with Gasteiger partial charge in [0.1, 0.15) is 5.76 Å². The largest absolute Gasteiger partial charge is 0.507 e. The summed E-state index contributed by atoms with van der Waals surface area (Å²) < 4.78 is 0. The summed E-state index contributed by atoms with van der Waals surface area (Å²) in [6.07, 6.45) is 3.31. The number of pyridine rings is 1. The number of nitrogens with zero attached hydrogens (tertiary/aromatic N) is 2. The summed E-state index contributed by atoms with van der Waals surface area (Å²) in [7, 11) is 0. The number of amides is 1. The van der Waals surface area contributed by atoms with Crippen molar-refractivity contribution in [2.45, 2.75) is 26.4 Å². The lowest BCUT2D eigenvalue weighted by Crippen LogP contribution is -2.28. The number of benzene rings is 1. The molecule has 0 spiro atoms. The maximum absolute atomic E-state index is 13.0. The van der Waals surface area contributed by atoms with Crippen molar-refractivity contribution in [3.05, 3.63) is 92.9 Å². The van der Waals surface area contributed by atoms with Gasteiger partial charge in [0.15, 0.2) is 0 Å². The lowest BCUT2D eigenvalue weighted by Gasteiger charge is -2.24. The number of carbonyl (C=O) groups excluding carboxylic acids is 2. The Hall–Kier alpha value is -3.25. The van der Waals surface area contributed by atoms with Crippen LogP contribution in [0.1, 0.15) is 33.2 Å². The molecule has 1 aliphatic heterocycles. The van der Waals surface area contributed by atoms with E-state index >= 15 is 0 Å². The second-order valence-electron chi connectivity index (χ2n) is 7.12. The van der Waals surface area contributed by atoms with Gasteiger partial charge in [-0.1, -0.05) is 23.8 Å². The normalized spacial score (nSPS) is 18.4. The van der Waals surface area contributed by atoms with E-state index < -0.39 is 17.7 Å². The van der Waals surface area contributed by atoms with Crippen molar-refractivity contribution >= 4 is 28.8 Å². The fourth-order valence-electron chi connectivity index (χ4n) is 3.61. The number of aliphatic hydroxyl groups excluding tert-OH is 1. The van der Waals surface area contributed by atoms with Crippen molar-refractivity contribution in [3.8, 4) is 0 Å². The molecule has 4 rings (SSSR count). The van der Waals surface area contributed by atoms with E-state index in [1.54, 1.807) is 12.4 Å². The Balaban J connectivity index is 1.87. The summed E-state index contributed by atoms with van der Waals surface area (Å²) >= 11 is 1.46. The Labute approximate surface area is 173 Å². The number of aliphatic hydroxyl groups is 1. The topological polar surface area (TPSA) is 70.5 Å². The Kier molecular flexibility index (Phi) is 5.03. The minimum Gasteiger partial charge on any atom is -0.507 e. The molecule has 0 radical (unpaired) electrons. The maximum Gasteiger partial charge on any atom is 0.295 e. The van der Waals surface area contributed by atoms with Crippen molar-refractivity contribution in [1.29, 1.82) is 0 Å². The first-order chi connectivity index (χ1) is 14.0. The van der Waals surface area contributed by atoms with Gasteiger partial charge in [-0.15, -0.1) is 11.3 Å². The van der Waals surface area contributed by atoms with Crippen LogP contribution in [0.4, 0.5) is 0 Å². The van der Waals surface area contributed by atoms with Gasteiger partial charge in [0.25, 0.3) is 11.7 Å². The molecule has 1 N–H and O–H groups in total. The van der Waals surface area contributed by atoms with Gasteiger partial charge in [-0.25, -0.2) is 0 Å². The number of aryl methyl sites for hydroxylation is 2. The summed E-state index contributed by atoms with van der Waals surface area (Å²) in [6.45, 7) is 4.07. The summed E-state index contributed by atoms with van der Waals surface area (Å²) in [5.41, 5.74) is 3.40. The van der Waals surface area contributed by atoms with Crippen LogP contribution in [0.5, 0.6) is 0 Å². The Morgan fingerprint density at radius 3 is 2.59 bits per heavy atom. The van der Waals surface area contributed by atoms with Gasteiger partial charge in [-0.05, 0) is 54.6 Å². The van der Waals surface area contributed by atoms with E-state index in [1.807, 2.05) is 61.7 Å². The predicted octanol–water partition coefficient (Wildman–Crippen LogP) is 4.38. The van der Waals surface area contributed by atoms with E-state index in [0.29, 0.717) is 5.56 Å². The van der Waals surface area contributed by atoms with Crippen molar-refractivity contribution < 1.29 is 14.7 Å². The molecule has 3 heterocycles. The second-order valence-corrected chi connectivity index (χ2v) is 8.10. The van der Waals surface area contributed by atoms with Crippen LogP contribution in [0.3, 0.4) is 0 Å². The highest BCUT2D eigenvalue weighted by molar-refractivity contribution is 7.10. The fraction of sp³-hybridized carbons (Fsp3) is 0.174. The number of hydrogen-bond donors (Lipinski definition) is 1. The molecule has 0 bridgehead atoms. The molecule has 1 amide bonds. The molecule has 1 aliphatic rings. The third-order valence-corrected chi connectivity index (χ3v) is 6.03. The minimum absolute atomic E-state index is 0.125. The summed E-state index contributed by atoms with van der Waals surface area (Å²) in [4.78, 5) is 32.3. The number of aromatic nitrogens is 1. The number of ketones is 1. The van der Waals surface area contributed by atoms with E-state index in [4.69, 9.17) is 0 Å². The molecule has 146 valence electrons. The van der Waals surface area contributed by atoms with E-state index in [2.05, 4.69) is 4.98 Å². The molecular weight excluding hydrogens is 384 g/mol. The highest BCUT2D eigenvalue weighted by Crippen LogP contribution is 2.42. The van der Waals surface area contributed by atoms with E-state index in [0.717, 1.165) is 21.6 Å². The molecule has 3 aromatic rings. The summed E-state index contributed by atoms with van der Waals surface area (Å²) in [6, 6.07) is 12.5. The third-order valence-electron chi connectivity index (χ3n) is 5.10. The quantitative estimate of drug-likeness (QED) is 0.398. The standard InChI is InChI=1S/C23H20N2O3S/c1-14-5-6-15(2)17(12-14)21(26)19-20(18-4-3-11-29-18)25(23(28)22(19)27)13-16-7-9-24-10-8-16/h3-12,20,26H,13H2,1-2H3/b21-19+. The fourth-order valence-corrected chi connectivity index (χ4v) is 4.45. The number of thiophene rings is 1. The number of rotatable bonds is 4. The van der Waals surface area contributed by atoms with Crippen LogP contribution in [0, 0.1) is 13.8 Å². The van der Waals surface area contributed by atoms with Crippen LogP contribution in [0.2, 0.25) is 0 Å². The highest BCUT2D eigenvalue weighted by atomic mass is 32.1. The molecule has 1 unspecified atom stereocenters. The second kappa shape index (κ2) is 7.64. The van der Waals surface area contributed by atoms with Crippen molar-refractivity contribution in [2.24, 2.45) is 0 Å². The number of carbonyl (C=O) groups is 2. The van der Waals surface area contributed by atoms with Gasteiger partial charge in [-0.3, -0.25) is 14.6 Å². The SMILES string of the molecule is Cc1ccc(C)c(/C(O)=C2\C(=O)C(=O)N(Cc3ccncc3)C2c2cccs2)c1. The van der Waals surface area contributed by atoms with Gasteiger partial charge in [0.2, 0.25) is 0 Å². The van der Waals surface area contributed by atoms with Crippen LogP contribution in [0.15, 0.2) is 65.8 Å². The molecule has 1 saturated heterocycles. The molecule has 2 aromatic heterocycles. The third kappa shape index (κ3) is 3.47. The zero-order valence-electron chi connectivity index (χ0n) is 16.1. The number of hydrogen-bond acceptors (Lipinski definition) is 5. The van der Waals surface area contributed by atoms with Crippen molar-refractivity contribution in [2.75, 3.05) is 0 Å². The van der Waals surface area contributed by atoms with Crippen LogP contribution in [0.25, 0.3) is 5.76 Å². The maximum atomic E-state index is 13.0. The summed E-state index contributed by atoms with van der Waals surface area (Å²) in [5, 5.41) is 13.0. The van der Waals surface area contributed by atoms with Gasteiger partial charge in [-0.2, -0.15) is 0 Å². The smallest absolute Gasteiger partial charge is 0.295 e. The average molecular weight is 404 g/mol. The van der Waals surface area contributed by atoms with Gasteiger partial charge >= 0.3 is 0 Å². The molecule has 1 atom stereocenters. The zero-order valence-corrected chi connectivity index (χ0v) is 16.9. The molecule has 5 nitrogen and oxygen atoms in total. The lowest BCUT2D eigenvalue weighted by molar-refractivity contribution is -0.140. The molecule has 0 aliphatic carbocycles. The molecule has 29 heavy (non-hydrogen) atoms. The van der Waals surface area contributed by atoms with E-state index in [9.17, 15) is 14.7 Å². The number of Topliss-reactive ketones (excluding diaryl/α,β-unsaturated/α-hetero) is 1. The predicted molar refractivity (Wildman–Crippen MR) is 112 cm³/mol. The first-order valence-corrected chi connectivity index (χ1v) is 10.1. The first-order valence-electron chi connectivity index (χ1n) is 9.25. The first kappa shape index (κ1) is 19.1. The Bertz CT molecular complexity index is 1100. The number of likely N-dealkylation sites (tertiary alicyclic amines) is 1. The highest BCUT2D eigenvalue weighted by Gasteiger charge is 2.46. The monoisotopic (exact) mass is 404 g/mol. The van der Waals surface area contributed by atoms with Crippen LogP contribution < -0.4 is 0 Å². The molecular formula is C23H20N2O3S. The van der Waals surface area contributed by atoms with Crippen LogP contribution >= 0.6 is 11.3 Å². The molecule has 0 saturated carbocycles. The Morgan fingerprint density at radius 2 is 1.90 bits per heavy atom. The van der Waals surface area contributed by atoms with Gasteiger partial charge in [0.05, 0.1) is 11.6 Å². The van der Waals surface area contributed by atoms with Gasteiger partial charge < -0.3 is 10.0 Å². The van der Waals surface area contributed by atoms with Crippen molar-refractivity contribution in [1.82, 2.24) is 9.88 Å². The molecule has 1 aromatic carbocycles. The Morgan fingerprint density at radius 1 is 1.14 bits per heavy atom. The van der Waals surface area contributed by atoms with Crippen LogP contribution in [-0.2, 0) is 16.1 Å². The lowest BCUT2D eigenvalue weighted by atomic mass is 9.96. The van der Waals surface area contributed by atoms with E-state index in [-0.39, 0.29) is 17.9 Å². The van der Waals surface area contributed by atoms with Gasteiger partial charge in [0, 0.05) is 29.4 Å². The molecule has 6 heteroatoms. The summed E-state index contributed by atoms with van der Waals surface area (Å²) in [5.74, 6) is -1.39. The zero-order chi connectivity index (χ0) is 20.5. The van der Waals surface area contributed by atoms with Crippen LogP contribution in [-0.4, -0.2) is 26.7 Å². The van der Waals surface area contributed by atoms with Crippen molar-refractivity contribution in [3.63, 3.8) is 0 Å². The van der Waals surface area contributed by atoms with E-state index in [1.165, 1.54) is 16.2 Å². The minimum atomic E-state index is -0.657. The molecule has 1 fully saturated rings.